The molecule has 0 saturated heterocycles. The van der Waals surface area contributed by atoms with Gasteiger partial charge in [-0.2, -0.15) is 0 Å². The normalized spacial score (nSPS) is 10.7. The van der Waals surface area contributed by atoms with Crippen molar-refractivity contribution < 1.29 is 28.7 Å². The number of benzene rings is 2. The monoisotopic (exact) mass is 618 g/mol. The minimum Gasteiger partial charge on any atom is -0.444 e. The van der Waals surface area contributed by atoms with Gasteiger partial charge in [0, 0.05) is 18.1 Å². The summed E-state index contributed by atoms with van der Waals surface area (Å²) in [6, 6.07) is 9.74. The first kappa shape index (κ1) is 29.3. The number of urea groups is 1. The number of imide groups is 1. The molecule has 0 radical (unpaired) electrons. The summed E-state index contributed by atoms with van der Waals surface area (Å²) in [5.74, 6) is -1.12. The first-order valence-electron chi connectivity index (χ1n) is 11.3. The van der Waals surface area contributed by atoms with E-state index in [9.17, 15) is 19.2 Å². The van der Waals surface area contributed by atoms with Gasteiger partial charge in [-0.25, -0.2) is 19.6 Å². The Hall–Kier alpha value is -4.23. The van der Waals surface area contributed by atoms with Crippen molar-refractivity contribution in [3.63, 3.8) is 0 Å². The second-order valence-corrected chi connectivity index (χ2v) is 10.1. The Kier molecular flexibility index (Phi) is 9.79. The third-order valence-corrected chi connectivity index (χ3v) is 5.16. The summed E-state index contributed by atoms with van der Waals surface area (Å²) in [5, 5.41) is 9.70. The predicted octanol–water partition coefficient (Wildman–Crippen LogP) is 5.11. The summed E-state index contributed by atoms with van der Waals surface area (Å²) in [5.41, 5.74) is -0.278. The number of para-hydroxylation sites is 1. The Morgan fingerprint density at radius 2 is 1.69 bits per heavy atom. The highest BCUT2D eigenvalue weighted by molar-refractivity contribution is 9.10. The first-order chi connectivity index (χ1) is 18.4. The van der Waals surface area contributed by atoms with Crippen LogP contribution in [0.25, 0.3) is 0 Å². The maximum Gasteiger partial charge on any atom is 0.408 e. The maximum atomic E-state index is 12.7. The van der Waals surface area contributed by atoms with Crippen LogP contribution < -0.4 is 26.0 Å². The Morgan fingerprint density at radius 1 is 1.00 bits per heavy atom. The third kappa shape index (κ3) is 9.54. The van der Waals surface area contributed by atoms with Gasteiger partial charge in [-0.1, -0.05) is 23.7 Å². The van der Waals surface area contributed by atoms with E-state index in [4.69, 9.17) is 21.1 Å². The van der Waals surface area contributed by atoms with E-state index in [1.54, 1.807) is 32.9 Å². The number of carbonyl (C=O) groups is 4. The maximum absolute atomic E-state index is 12.7. The van der Waals surface area contributed by atoms with E-state index in [2.05, 4.69) is 47.2 Å². The molecular formula is C25H24BrClN6O6. The Balaban J connectivity index is 1.57. The SMILES string of the molecule is CC(C)(C)OC(=O)NCC(=O)Nc1ccccc1C(=O)NC(=O)Nc1ccc(Oc2ncc(Br)cn2)c(Cl)c1. The zero-order chi connectivity index (χ0) is 28.6. The quantitative estimate of drug-likeness (QED) is 0.284. The molecule has 0 aliphatic heterocycles. The van der Waals surface area contributed by atoms with Crippen LogP contribution in [0.2, 0.25) is 5.02 Å². The van der Waals surface area contributed by atoms with Crippen molar-refractivity contribution in [3.8, 4) is 11.8 Å². The van der Waals surface area contributed by atoms with Gasteiger partial charge in [0.15, 0.2) is 0 Å². The smallest absolute Gasteiger partial charge is 0.408 e. The molecule has 0 bridgehead atoms. The predicted molar refractivity (Wildman–Crippen MR) is 147 cm³/mol. The van der Waals surface area contributed by atoms with Gasteiger partial charge in [0.05, 0.1) is 20.7 Å². The van der Waals surface area contributed by atoms with Crippen molar-refractivity contribution in [2.45, 2.75) is 26.4 Å². The van der Waals surface area contributed by atoms with Gasteiger partial charge in [-0.15, -0.1) is 0 Å². The number of alkyl carbamates (subject to hydrolysis) is 1. The van der Waals surface area contributed by atoms with Crippen LogP contribution in [-0.2, 0) is 9.53 Å². The van der Waals surface area contributed by atoms with E-state index in [-0.39, 0.29) is 40.3 Å². The number of halogens is 2. The number of anilines is 2. The molecule has 14 heteroatoms. The van der Waals surface area contributed by atoms with E-state index in [0.29, 0.717) is 4.47 Å². The van der Waals surface area contributed by atoms with Gasteiger partial charge in [0.25, 0.3) is 5.91 Å². The summed E-state index contributed by atoms with van der Waals surface area (Å²) in [4.78, 5) is 57.2. The summed E-state index contributed by atoms with van der Waals surface area (Å²) in [6.07, 6.45) is 2.26. The average molecular weight is 620 g/mol. The molecule has 4 N–H and O–H groups in total. The van der Waals surface area contributed by atoms with Crippen molar-refractivity contribution in [2.75, 3.05) is 17.2 Å². The van der Waals surface area contributed by atoms with Crippen LogP contribution in [0.3, 0.4) is 0 Å². The number of hydrogen-bond acceptors (Lipinski definition) is 8. The molecule has 0 aliphatic carbocycles. The first-order valence-corrected chi connectivity index (χ1v) is 12.5. The largest absolute Gasteiger partial charge is 0.444 e. The standard InChI is InChI=1S/C25H24BrClN6O6/c1-25(2,3)39-24(37)30-13-20(34)32-18-7-5-4-6-16(18)21(35)33-22(36)31-15-8-9-19(17(27)10-15)38-23-28-11-14(26)12-29-23/h4-12H,13H2,1-3H3,(H,30,37)(H,32,34)(H2,31,33,35,36). The zero-order valence-electron chi connectivity index (χ0n) is 21.0. The van der Waals surface area contributed by atoms with Crippen molar-refractivity contribution in [3.05, 3.63) is 69.9 Å². The molecule has 1 heterocycles. The topological polar surface area (TPSA) is 161 Å². The van der Waals surface area contributed by atoms with Crippen molar-refractivity contribution in [1.29, 1.82) is 0 Å². The Bertz CT molecular complexity index is 1380. The van der Waals surface area contributed by atoms with Crippen molar-refractivity contribution >= 4 is 62.8 Å². The van der Waals surface area contributed by atoms with E-state index in [1.165, 1.54) is 42.7 Å². The Morgan fingerprint density at radius 3 is 2.36 bits per heavy atom. The number of nitrogens with one attached hydrogen (secondary N) is 4. The van der Waals surface area contributed by atoms with E-state index < -0.39 is 29.5 Å². The van der Waals surface area contributed by atoms with E-state index in [0.717, 1.165) is 0 Å². The molecule has 2 aromatic carbocycles. The van der Waals surface area contributed by atoms with Gasteiger partial charge >= 0.3 is 18.1 Å². The molecule has 39 heavy (non-hydrogen) atoms. The zero-order valence-corrected chi connectivity index (χ0v) is 23.3. The molecular weight excluding hydrogens is 596 g/mol. The minimum atomic E-state index is -0.839. The number of nitrogens with zero attached hydrogens (tertiary/aromatic N) is 2. The molecule has 0 fully saturated rings. The van der Waals surface area contributed by atoms with Crippen LogP contribution in [0.5, 0.6) is 11.8 Å². The fraction of sp³-hybridized carbons (Fsp3) is 0.200. The van der Waals surface area contributed by atoms with Crippen LogP contribution in [0.15, 0.2) is 59.3 Å². The summed E-state index contributed by atoms with van der Waals surface area (Å²) in [7, 11) is 0. The lowest BCUT2D eigenvalue weighted by Gasteiger charge is -2.19. The molecule has 5 amide bonds. The van der Waals surface area contributed by atoms with Gasteiger partial charge in [-0.05, 0) is 67.0 Å². The lowest BCUT2D eigenvalue weighted by Crippen LogP contribution is -2.38. The molecule has 1 aromatic heterocycles. The highest BCUT2D eigenvalue weighted by atomic mass is 79.9. The Labute approximate surface area is 237 Å². The number of rotatable bonds is 7. The van der Waals surface area contributed by atoms with Crippen LogP contribution in [0.1, 0.15) is 31.1 Å². The van der Waals surface area contributed by atoms with Crippen molar-refractivity contribution in [1.82, 2.24) is 20.6 Å². The van der Waals surface area contributed by atoms with Crippen LogP contribution in [-0.4, -0.2) is 46.1 Å². The molecule has 0 spiro atoms. The molecule has 3 rings (SSSR count). The number of aromatic nitrogens is 2. The van der Waals surface area contributed by atoms with Crippen molar-refractivity contribution in [2.24, 2.45) is 0 Å². The lowest BCUT2D eigenvalue weighted by atomic mass is 10.1. The fourth-order valence-electron chi connectivity index (χ4n) is 2.90. The summed E-state index contributed by atoms with van der Waals surface area (Å²) in [6.45, 7) is 4.68. The minimum absolute atomic E-state index is 0.0227. The molecule has 204 valence electrons. The molecule has 0 saturated carbocycles. The highest BCUT2D eigenvalue weighted by Crippen LogP contribution is 2.30. The van der Waals surface area contributed by atoms with Crippen LogP contribution in [0.4, 0.5) is 21.0 Å². The number of amides is 5. The second kappa shape index (κ2) is 13.0. The average Bonchev–Trinajstić information content (AvgIpc) is 2.85. The van der Waals surface area contributed by atoms with Crippen LogP contribution >= 0.6 is 27.5 Å². The fourth-order valence-corrected chi connectivity index (χ4v) is 3.32. The summed E-state index contributed by atoms with van der Waals surface area (Å²) >= 11 is 9.47. The molecule has 3 aromatic rings. The van der Waals surface area contributed by atoms with Gasteiger partial charge in [0.2, 0.25) is 5.91 Å². The van der Waals surface area contributed by atoms with Gasteiger partial charge < -0.3 is 25.4 Å². The second-order valence-electron chi connectivity index (χ2n) is 8.79. The van der Waals surface area contributed by atoms with E-state index in [1.807, 2.05) is 0 Å². The number of hydrogen-bond donors (Lipinski definition) is 4. The van der Waals surface area contributed by atoms with E-state index >= 15 is 0 Å². The molecule has 0 unspecified atom stereocenters. The highest BCUT2D eigenvalue weighted by Gasteiger charge is 2.19. The molecule has 12 nitrogen and oxygen atoms in total. The number of ether oxygens (including phenoxy) is 2. The van der Waals surface area contributed by atoms with Gasteiger partial charge in [0.1, 0.15) is 17.9 Å². The lowest BCUT2D eigenvalue weighted by molar-refractivity contribution is -0.115. The molecule has 0 atom stereocenters. The van der Waals surface area contributed by atoms with Gasteiger partial charge in [-0.3, -0.25) is 14.9 Å². The third-order valence-electron chi connectivity index (χ3n) is 4.45. The number of carbonyl (C=O) groups excluding carboxylic acids is 4. The molecule has 0 aliphatic rings. The summed E-state index contributed by atoms with van der Waals surface area (Å²) < 4.78 is 11.3. The van der Waals surface area contributed by atoms with Crippen LogP contribution in [0, 0.1) is 0 Å².